The van der Waals surface area contributed by atoms with E-state index in [0.29, 0.717) is 5.92 Å². The van der Waals surface area contributed by atoms with E-state index in [1.807, 2.05) is 0 Å². The van der Waals surface area contributed by atoms with E-state index in [2.05, 4.69) is 30.1 Å². The molecule has 4 nitrogen and oxygen atoms in total. The molecule has 0 amide bonds. The van der Waals surface area contributed by atoms with Crippen LogP contribution in [0.4, 0.5) is 0 Å². The molecule has 0 bridgehead atoms. The fourth-order valence-electron chi connectivity index (χ4n) is 2.67. The lowest BCUT2D eigenvalue weighted by Crippen LogP contribution is -2.37. The number of rotatable bonds is 3. The van der Waals surface area contributed by atoms with Gasteiger partial charge in [0.05, 0.1) is 5.92 Å². The molecule has 1 aromatic heterocycles. The fraction of sp³-hybridized carbons (Fsp3) is 0.769. The average molecular weight is 300 g/mol. The van der Waals surface area contributed by atoms with Gasteiger partial charge in [-0.15, -0.1) is 0 Å². The number of nitrogens with zero attached hydrogens (tertiary/aromatic N) is 2. The Morgan fingerprint density at radius 3 is 2.74 bits per heavy atom. The molecule has 1 aliphatic carbocycles. The zero-order valence-electron chi connectivity index (χ0n) is 11.5. The highest BCUT2D eigenvalue weighted by Gasteiger charge is 2.39. The molecule has 0 saturated heterocycles. The molecule has 1 N–H and O–H groups in total. The summed E-state index contributed by atoms with van der Waals surface area (Å²) in [7, 11) is 0. The molecule has 2 rings (SSSR count). The van der Waals surface area contributed by atoms with E-state index in [9.17, 15) is 9.90 Å². The maximum absolute atomic E-state index is 11.4. The minimum atomic E-state index is -0.672. The molecule has 1 aliphatic rings. The summed E-state index contributed by atoms with van der Waals surface area (Å²) in [5.41, 5.74) is 0.239. The maximum atomic E-state index is 11.4. The van der Waals surface area contributed by atoms with Crippen LogP contribution in [0.1, 0.15) is 40.0 Å². The van der Waals surface area contributed by atoms with Crippen molar-refractivity contribution in [3.63, 3.8) is 0 Å². The van der Waals surface area contributed by atoms with Crippen LogP contribution in [-0.4, -0.2) is 25.7 Å². The number of hydrogen-bond donors (Lipinski definition) is 1. The molecule has 1 aromatic rings. The van der Waals surface area contributed by atoms with Crippen molar-refractivity contribution < 1.29 is 9.90 Å². The smallest absolute Gasteiger partial charge is 0.307 e. The molecule has 1 fully saturated rings. The predicted molar refractivity (Wildman–Crippen MR) is 77.5 cm³/mol. The predicted octanol–water partition coefficient (Wildman–Crippen LogP) is 3.55. The topological polar surface area (TPSA) is 63.1 Å². The number of carboxylic acids is 1. The van der Waals surface area contributed by atoms with Crippen LogP contribution >= 0.6 is 23.3 Å². The van der Waals surface area contributed by atoms with Crippen molar-refractivity contribution in [2.75, 3.05) is 0 Å². The Morgan fingerprint density at radius 2 is 2.21 bits per heavy atom. The molecule has 6 heteroatoms. The first-order valence-electron chi connectivity index (χ1n) is 6.54. The second kappa shape index (κ2) is 5.79. The first kappa shape index (κ1) is 14.8. The van der Waals surface area contributed by atoms with Crippen LogP contribution in [0.2, 0.25) is 0 Å². The van der Waals surface area contributed by atoms with Gasteiger partial charge in [-0.1, -0.05) is 32.5 Å². The molecule has 0 aliphatic heterocycles. The summed E-state index contributed by atoms with van der Waals surface area (Å²) in [5.74, 6) is -0.351. The van der Waals surface area contributed by atoms with Gasteiger partial charge in [-0.2, -0.15) is 4.37 Å². The lowest BCUT2D eigenvalue weighted by molar-refractivity contribution is -0.143. The highest BCUT2D eigenvalue weighted by molar-refractivity contribution is 8.01. The van der Waals surface area contributed by atoms with Crippen LogP contribution in [0.3, 0.4) is 0 Å². The molecule has 0 aromatic carbocycles. The quantitative estimate of drug-likeness (QED) is 0.925. The normalized spacial score (nSPS) is 28.3. The maximum Gasteiger partial charge on any atom is 0.307 e. The number of hydrogen-bond acceptors (Lipinski definition) is 5. The summed E-state index contributed by atoms with van der Waals surface area (Å²) in [5, 5.41) is 9.49. The Morgan fingerprint density at radius 1 is 1.47 bits per heavy atom. The third kappa shape index (κ3) is 3.69. The highest BCUT2D eigenvalue weighted by atomic mass is 32.2. The highest BCUT2D eigenvalue weighted by Crippen LogP contribution is 2.45. The van der Waals surface area contributed by atoms with E-state index < -0.39 is 5.97 Å². The molecule has 106 valence electrons. The summed E-state index contributed by atoms with van der Waals surface area (Å²) in [6.45, 7) is 6.72. The molecule has 1 heterocycles. The molecule has 3 atom stereocenters. The molecular weight excluding hydrogens is 280 g/mol. The van der Waals surface area contributed by atoms with Gasteiger partial charge < -0.3 is 5.11 Å². The lowest BCUT2D eigenvalue weighted by atomic mass is 9.69. The first-order valence-corrected chi connectivity index (χ1v) is 8.19. The monoisotopic (exact) mass is 300 g/mol. The number of aliphatic carboxylic acids is 1. The summed E-state index contributed by atoms with van der Waals surface area (Å²) in [6, 6.07) is 0. The van der Waals surface area contributed by atoms with E-state index in [1.165, 1.54) is 17.9 Å². The number of carbonyl (C=O) groups is 1. The second-order valence-corrected chi connectivity index (χ2v) is 8.45. The van der Waals surface area contributed by atoms with Gasteiger partial charge in [0.25, 0.3) is 0 Å². The van der Waals surface area contributed by atoms with Crippen molar-refractivity contribution >= 4 is 29.3 Å². The first-order chi connectivity index (χ1) is 8.88. The van der Waals surface area contributed by atoms with Gasteiger partial charge >= 0.3 is 5.97 Å². The van der Waals surface area contributed by atoms with Crippen LogP contribution < -0.4 is 0 Å². The number of carboxylic acid groups (broad SMARTS) is 1. The second-order valence-electron chi connectivity index (χ2n) is 6.18. The SMILES string of the molecule is CC(C)(C)C1CCC(C(=O)O)C(Sc2ncns2)C1. The van der Waals surface area contributed by atoms with Crippen LogP contribution in [-0.2, 0) is 4.79 Å². The summed E-state index contributed by atoms with van der Waals surface area (Å²) in [6.07, 6.45) is 4.26. The lowest BCUT2D eigenvalue weighted by Gasteiger charge is -2.39. The molecule has 19 heavy (non-hydrogen) atoms. The van der Waals surface area contributed by atoms with Gasteiger partial charge in [-0.25, -0.2) is 4.98 Å². The van der Waals surface area contributed by atoms with E-state index >= 15 is 0 Å². The molecular formula is C13H20N2O2S2. The van der Waals surface area contributed by atoms with Crippen molar-refractivity contribution in [3.8, 4) is 0 Å². The number of thioether (sulfide) groups is 1. The molecule has 1 saturated carbocycles. The Kier molecular flexibility index (Phi) is 4.50. The Bertz CT molecular complexity index is 428. The van der Waals surface area contributed by atoms with E-state index in [4.69, 9.17) is 0 Å². The Hall–Kier alpha value is -0.620. The zero-order valence-corrected chi connectivity index (χ0v) is 13.1. The molecule has 0 spiro atoms. The number of aromatic nitrogens is 2. The Balaban J connectivity index is 2.11. The van der Waals surface area contributed by atoms with Crippen molar-refractivity contribution in [3.05, 3.63) is 6.33 Å². The largest absolute Gasteiger partial charge is 0.481 e. The van der Waals surface area contributed by atoms with Crippen LogP contribution in [0, 0.1) is 17.3 Å². The van der Waals surface area contributed by atoms with E-state index in [0.717, 1.165) is 23.6 Å². The molecule has 3 unspecified atom stereocenters. The Labute approximate surface area is 122 Å². The van der Waals surface area contributed by atoms with Gasteiger partial charge in [0, 0.05) is 5.25 Å². The van der Waals surface area contributed by atoms with Gasteiger partial charge in [-0.3, -0.25) is 4.79 Å². The average Bonchev–Trinajstić information content (AvgIpc) is 2.80. The van der Waals surface area contributed by atoms with E-state index in [-0.39, 0.29) is 16.6 Å². The summed E-state index contributed by atoms with van der Waals surface area (Å²) in [4.78, 5) is 15.6. The van der Waals surface area contributed by atoms with Crippen molar-refractivity contribution in [1.82, 2.24) is 9.36 Å². The van der Waals surface area contributed by atoms with Gasteiger partial charge in [-0.05, 0) is 42.1 Å². The minimum Gasteiger partial charge on any atom is -0.481 e. The minimum absolute atomic E-state index is 0.114. The van der Waals surface area contributed by atoms with Crippen LogP contribution in [0.15, 0.2) is 10.7 Å². The fourth-order valence-corrected chi connectivity index (χ4v) is 4.74. The van der Waals surface area contributed by atoms with Gasteiger partial charge in [0.1, 0.15) is 6.33 Å². The third-order valence-corrected chi connectivity index (χ3v) is 6.03. The van der Waals surface area contributed by atoms with Crippen molar-refractivity contribution in [2.24, 2.45) is 17.3 Å². The third-order valence-electron chi connectivity index (χ3n) is 3.93. The van der Waals surface area contributed by atoms with Crippen LogP contribution in [0.25, 0.3) is 0 Å². The van der Waals surface area contributed by atoms with E-state index in [1.54, 1.807) is 11.8 Å². The molecule has 0 radical (unpaired) electrons. The summed E-state index contributed by atoms with van der Waals surface area (Å²) < 4.78 is 4.87. The van der Waals surface area contributed by atoms with Crippen molar-refractivity contribution in [2.45, 2.75) is 49.6 Å². The summed E-state index contributed by atoms with van der Waals surface area (Å²) >= 11 is 2.94. The van der Waals surface area contributed by atoms with Gasteiger partial charge in [0.2, 0.25) is 0 Å². The van der Waals surface area contributed by atoms with Gasteiger partial charge in [0.15, 0.2) is 4.34 Å². The van der Waals surface area contributed by atoms with Crippen LogP contribution in [0.5, 0.6) is 0 Å². The van der Waals surface area contributed by atoms with Crippen molar-refractivity contribution in [1.29, 1.82) is 0 Å². The zero-order chi connectivity index (χ0) is 14.0. The standard InChI is InChI=1S/C13H20N2O2S2/c1-13(2,3)8-4-5-9(11(16)17)10(6-8)18-12-14-7-15-19-12/h7-10H,4-6H2,1-3H3,(H,16,17).